The molecule has 1 fully saturated rings. The largest absolute Gasteiger partial charge is 0.496 e. The Morgan fingerprint density at radius 1 is 1.64 bits per heavy atom. The van der Waals surface area contributed by atoms with Crippen LogP contribution in [0.25, 0.3) is 0 Å². The highest BCUT2D eigenvalue weighted by Crippen LogP contribution is 2.29. The molecule has 1 saturated heterocycles. The number of rotatable bonds is 7. The van der Waals surface area contributed by atoms with E-state index in [0.717, 1.165) is 7.11 Å². The number of methoxy groups -OCH3 is 1. The number of likely N-dealkylation sites (tertiary alicyclic amines) is 1. The predicted octanol–water partition coefficient (Wildman–Crippen LogP) is 1.29. The topological polar surface area (TPSA) is 102 Å². The molecule has 1 aliphatic heterocycles. The van der Waals surface area contributed by atoms with Gasteiger partial charge in [-0.05, 0) is 31.8 Å². The summed E-state index contributed by atoms with van der Waals surface area (Å²) in [6, 6.07) is -7.36. The summed E-state index contributed by atoms with van der Waals surface area (Å²) < 4.78 is 198. The van der Waals surface area contributed by atoms with Gasteiger partial charge in [-0.1, -0.05) is 13.7 Å². The lowest BCUT2D eigenvalue weighted by molar-refractivity contribution is 0.0938. The fourth-order valence-electron chi connectivity index (χ4n) is 1.66. The third-order valence-corrected chi connectivity index (χ3v) is 3.90. The summed E-state index contributed by atoms with van der Waals surface area (Å²) >= 11 is 0. The first-order valence-electron chi connectivity index (χ1n) is 16.8. The van der Waals surface area contributed by atoms with Crippen molar-refractivity contribution in [3.05, 3.63) is 17.6 Å². The molecule has 1 unspecified atom stereocenters. The highest BCUT2D eigenvalue weighted by atomic mass is 32.2. The molecule has 3 N–H and O–H groups in total. The molecule has 8 heteroatoms. The molecule has 1 amide bonds. The number of amides is 1. The molecule has 0 aliphatic carbocycles. The Bertz CT molecular complexity index is 1540. The molecule has 25 heavy (non-hydrogen) atoms. The van der Waals surface area contributed by atoms with Crippen LogP contribution in [0.5, 0.6) is 5.75 Å². The van der Waals surface area contributed by atoms with Gasteiger partial charge in [-0.3, -0.25) is 9.69 Å². The molecule has 1 aliphatic rings. The summed E-state index contributed by atoms with van der Waals surface area (Å²) in [6.45, 7) is -20.6. The highest BCUT2D eigenvalue weighted by molar-refractivity contribution is 7.91. The van der Waals surface area contributed by atoms with Crippen LogP contribution in [0.4, 0.5) is 5.69 Å². The summed E-state index contributed by atoms with van der Waals surface area (Å²) in [5.41, 5.74) is -1.40. The SMILES string of the molecule is [2H]c1c(N)c(S(=O)(=O)C([2H])([2H])C([2H])([2H])[2H])c([2H])c(C(=O)NC([2H])([2H])C2([2H])N(C([2H])([2H])C([2H])([2H])[2H])C([2H])([2H])C([2H])([2H])C2([2H])[2H])c1OC. The fraction of sp³-hybridized carbons (Fsp3) is 0.588. The second-order valence-corrected chi connectivity index (χ2v) is 5.86. The van der Waals surface area contributed by atoms with Gasteiger partial charge in [0.1, 0.15) is 5.75 Å². The Hall–Kier alpha value is -1.80. The van der Waals surface area contributed by atoms with E-state index in [-0.39, 0.29) is 0 Å². The fourth-order valence-corrected chi connectivity index (χ4v) is 2.34. The number of likely N-dealkylation sites (N-methyl/N-ethyl adjacent to an activating group) is 1. The Kier molecular flexibility index (Phi) is 1.80. The zero-order valence-corrected chi connectivity index (χ0v) is 13.4. The normalized spacial score (nSPS) is 42.4. The van der Waals surface area contributed by atoms with Gasteiger partial charge in [-0.15, -0.1) is 0 Å². The lowest BCUT2D eigenvalue weighted by Crippen LogP contribution is -2.40. The van der Waals surface area contributed by atoms with Crippen molar-refractivity contribution >= 4 is 21.4 Å². The van der Waals surface area contributed by atoms with Crippen LogP contribution in [0, 0.1) is 0 Å². The number of sulfone groups is 1. The molecule has 1 atom stereocenters. The first kappa shape index (κ1) is 5.60. The smallest absolute Gasteiger partial charge is 0.255 e. The number of hydrogen-bond donors (Lipinski definition) is 2. The summed E-state index contributed by atoms with van der Waals surface area (Å²) in [5, 5.41) is 1.27. The zero-order chi connectivity index (χ0) is 37.0. The number of hydrogen-bond acceptors (Lipinski definition) is 6. The lowest BCUT2D eigenvalue weighted by atomic mass is 10.1. The van der Waals surface area contributed by atoms with E-state index >= 15 is 0 Å². The summed E-state index contributed by atoms with van der Waals surface area (Å²) in [4.78, 5) is 10.9. The number of anilines is 1. The van der Waals surface area contributed by atoms with E-state index in [2.05, 4.69) is 0 Å². The van der Waals surface area contributed by atoms with E-state index in [1.807, 2.05) is 0 Å². The van der Waals surface area contributed by atoms with Gasteiger partial charge >= 0.3 is 0 Å². The molecule has 0 aromatic heterocycles. The van der Waals surface area contributed by atoms with E-state index in [0.29, 0.717) is 0 Å². The maximum absolute atomic E-state index is 13.5. The number of nitrogen functional groups attached to an aromatic ring is 1. The summed E-state index contributed by atoms with van der Waals surface area (Å²) in [6.07, 6.45) is -8.33. The van der Waals surface area contributed by atoms with Crippen molar-refractivity contribution in [3.63, 3.8) is 0 Å². The van der Waals surface area contributed by atoms with Crippen molar-refractivity contribution in [3.8, 4) is 5.75 Å². The second-order valence-electron chi connectivity index (χ2n) is 4.24. The molecule has 0 radical (unpaired) electrons. The number of nitrogens with zero attached hydrogens (tertiary/aromatic N) is 1. The van der Waals surface area contributed by atoms with Gasteiger partial charge in [0.2, 0.25) is 0 Å². The Morgan fingerprint density at radius 3 is 3.12 bits per heavy atom. The molecular formula is C17H27N3O4S. The van der Waals surface area contributed by atoms with Crippen molar-refractivity contribution in [2.45, 2.75) is 37.4 Å². The van der Waals surface area contributed by atoms with Crippen molar-refractivity contribution in [1.29, 1.82) is 0 Å². The van der Waals surface area contributed by atoms with E-state index in [1.165, 1.54) is 5.32 Å². The minimum absolute atomic E-state index is 0.727. The third-order valence-electron chi connectivity index (χ3n) is 2.77. The van der Waals surface area contributed by atoms with E-state index in [9.17, 15) is 13.2 Å². The average Bonchev–Trinajstić information content (AvgIpc) is 2.91. The number of benzene rings is 1. The van der Waals surface area contributed by atoms with E-state index in [1.54, 1.807) is 0 Å². The number of carbonyl (C=O) groups excluding carboxylic acids is 1. The molecule has 1 aromatic rings. The van der Waals surface area contributed by atoms with Crippen LogP contribution in [0.15, 0.2) is 17.0 Å². The van der Waals surface area contributed by atoms with E-state index in [4.69, 9.17) is 39.3 Å². The van der Waals surface area contributed by atoms with Crippen LogP contribution in [0.3, 0.4) is 0 Å². The molecule has 0 saturated carbocycles. The molecule has 7 nitrogen and oxygen atoms in total. The predicted molar refractivity (Wildman–Crippen MR) is 97.7 cm³/mol. The van der Waals surface area contributed by atoms with Gasteiger partial charge in [0, 0.05) is 41.9 Å². The molecule has 140 valence electrons. The maximum Gasteiger partial charge on any atom is 0.255 e. The quantitative estimate of drug-likeness (QED) is 0.680. The van der Waals surface area contributed by atoms with Crippen LogP contribution in [0.1, 0.15) is 65.6 Å². The molecule has 0 spiro atoms. The molecular weight excluding hydrogens is 342 g/mol. The zero-order valence-electron chi connectivity index (χ0n) is 33.6. The Morgan fingerprint density at radius 2 is 2.44 bits per heavy atom. The second kappa shape index (κ2) is 8.05. The van der Waals surface area contributed by atoms with Gasteiger partial charge in [-0.2, -0.15) is 0 Å². The van der Waals surface area contributed by atoms with Gasteiger partial charge in [0.25, 0.3) is 5.91 Å². The maximum atomic E-state index is 13.5. The van der Waals surface area contributed by atoms with Crippen LogP contribution in [-0.2, 0) is 9.84 Å². The number of ether oxygens (including phenoxy) is 1. The summed E-state index contributed by atoms with van der Waals surface area (Å²) in [5.74, 6) is -3.26. The lowest BCUT2D eigenvalue weighted by Gasteiger charge is -2.23. The first-order valence-corrected chi connectivity index (χ1v) is 7.75. The van der Waals surface area contributed by atoms with Crippen LogP contribution < -0.4 is 15.8 Å². The number of carbonyl (C=O) groups is 1. The molecule has 1 aromatic carbocycles. The number of nitrogens with one attached hydrogen (secondary N) is 1. The summed E-state index contributed by atoms with van der Waals surface area (Å²) in [7, 11) is -5.21. The van der Waals surface area contributed by atoms with Gasteiger partial charge in [-0.25, -0.2) is 8.42 Å². The molecule has 2 rings (SSSR count). The average molecular weight is 391 g/mol. The van der Waals surface area contributed by atoms with Gasteiger partial charge < -0.3 is 15.8 Å². The first-order chi connectivity index (χ1) is 19.9. The third kappa shape index (κ3) is 4.24. The van der Waals surface area contributed by atoms with Crippen LogP contribution >= 0.6 is 0 Å². The van der Waals surface area contributed by atoms with Crippen molar-refractivity contribution in [2.75, 3.05) is 38.0 Å². The van der Waals surface area contributed by atoms with Crippen LogP contribution in [-0.4, -0.2) is 57.5 Å². The van der Waals surface area contributed by atoms with Crippen molar-refractivity contribution in [2.24, 2.45) is 0 Å². The Labute approximate surface area is 178 Å². The van der Waals surface area contributed by atoms with Gasteiger partial charge in [0.15, 0.2) is 9.84 Å². The molecule has 1 heterocycles. The van der Waals surface area contributed by atoms with Gasteiger partial charge in [0.05, 0.1) is 34.4 Å². The minimum Gasteiger partial charge on any atom is -0.496 e. The highest BCUT2D eigenvalue weighted by Gasteiger charge is 2.25. The van der Waals surface area contributed by atoms with Crippen LogP contribution in [0.2, 0.25) is 0 Å². The number of nitrogens with two attached hydrogens (primary N) is 1. The monoisotopic (exact) mass is 390 g/mol. The Balaban J connectivity index is 3.00. The van der Waals surface area contributed by atoms with Crippen molar-refractivity contribution in [1.82, 2.24) is 10.2 Å². The minimum atomic E-state index is -5.93. The standard InChI is InChI=1S/C17H27N3O4S/c1-4-20-8-6-7-12(20)11-19-17(21)13-9-16(25(22,23)5-2)14(18)10-15(13)24-3/h9-10,12H,4-8,11,18H2,1-3H3,(H,19,21)/i1D3,2D3,4D2,5D2,6D2,7D2,8D2,9D,10D,11D2,12D. The van der Waals surface area contributed by atoms with Crippen molar-refractivity contribution < 1.29 is 46.7 Å². The molecule has 0 bridgehead atoms. The van der Waals surface area contributed by atoms with E-state index < -0.39 is 112 Å².